The summed E-state index contributed by atoms with van der Waals surface area (Å²) in [5, 5.41) is 2.78. The van der Waals surface area contributed by atoms with E-state index < -0.39 is 0 Å². The normalized spacial score (nSPS) is 17.7. The second-order valence-electron chi connectivity index (χ2n) is 5.16. The van der Waals surface area contributed by atoms with Crippen molar-refractivity contribution in [2.24, 2.45) is 0 Å². The first-order chi connectivity index (χ1) is 10.2. The van der Waals surface area contributed by atoms with Crippen molar-refractivity contribution in [3.63, 3.8) is 0 Å². The van der Waals surface area contributed by atoms with Crippen LogP contribution in [0.3, 0.4) is 0 Å². The first-order valence-corrected chi connectivity index (χ1v) is 7.13. The third-order valence-corrected chi connectivity index (χ3v) is 3.67. The van der Waals surface area contributed by atoms with Gasteiger partial charge in [0.1, 0.15) is 5.75 Å². The quantitative estimate of drug-likeness (QED) is 0.894. The molecule has 6 heteroatoms. The zero-order valence-corrected chi connectivity index (χ0v) is 11.8. The van der Waals surface area contributed by atoms with Crippen LogP contribution >= 0.6 is 0 Å². The molecule has 0 aromatic heterocycles. The van der Waals surface area contributed by atoms with Gasteiger partial charge >= 0.3 is 0 Å². The Bertz CT molecular complexity index is 553. The molecule has 0 unspecified atom stereocenters. The number of aryl methyl sites for hydroxylation is 1. The predicted octanol–water partition coefficient (Wildman–Crippen LogP) is 0.809. The number of hydrogen-bond donors (Lipinski definition) is 1. The first-order valence-electron chi connectivity index (χ1n) is 7.13. The van der Waals surface area contributed by atoms with Gasteiger partial charge in [0, 0.05) is 19.5 Å². The lowest BCUT2D eigenvalue weighted by atomic mass is 10.1. The number of ether oxygens (including phenoxy) is 2. The third-order valence-electron chi connectivity index (χ3n) is 3.67. The van der Waals surface area contributed by atoms with Gasteiger partial charge in [0.25, 0.3) is 5.91 Å². The first kappa shape index (κ1) is 13.9. The fourth-order valence-corrected chi connectivity index (χ4v) is 2.51. The van der Waals surface area contributed by atoms with Crippen LogP contribution in [0, 0.1) is 0 Å². The van der Waals surface area contributed by atoms with Gasteiger partial charge in [-0.1, -0.05) is 6.07 Å². The van der Waals surface area contributed by atoms with Crippen LogP contribution in [-0.4, -0.2) is 49.6 Å². The molecule has 2 aliphatic rings. The zero-order valence-electron chi connectivity index (χ0n) is 11.8. The van der Waals surface area contributed by atoms with E-state index in [1.165, 1.54) is 0 Å². The van der Waals surface area contributed by atoms with E-state index >= 15 is 0 Å². The highest BCUT2D eigenvalue weighted by Crippen LogP contribution is 2.28. The number of carbonyl (C=O) groups is 2. The molecule has 1 aromatic carbocycles. The number of nitrogens with one attached hydrogen (secondary N) is 1. The number of rotatable bonds is 3. The lowest BCUT2D eigenvalue weighted by molar-refractivity contribution is -0.135. The molecule has 2 aliphatic heterocycles. The largest absolute Gasteiger partial charge is 0.482 e. The Labute approximate surface area is 123 Å². The summed E-state index contributed by atoms with van der Waals surface area (Å²) in [5.74, 6) is 0.679. The fraction of sp³-hybridized carbons (Fsp3) is 0.467. The summed E-state index contributed by atoms with van der Waals surface area (Å²) in [7, 11) is 0. The molecule has 2 heterocycles. The van der Waals surface area contributed by atoms with Gasteiger partial charge in [-0.3, -0.25) is 9.59 Å². The molecule has 1 N–H and O–H groups in total. The minimum absolute atomic E-state index is 0.0574. The highest BCUT2D eigenvalue weighted by atomic mass is 16.5. The smallest absolute Gasteiger partial charge is 0.262 e. The van der Waals surface area contributed by atoms with E-state index in [1.54, 1.807) is 0 Å². The van der Waals surface area contributed by atoms with E-state index in [9.17, 15) is 9.59 Å². The van der Waals surface area contributed by atoms with Crippen LogP contribution in [0.15, 0.2) is 18.2 Å². The van der Waals surface area contributed by atoms with Gasteiger partial charge in [-0.2, -0.15) is 0 Å². The van der Waals surface area contributed by atoms with E-state index in [-0.39, 0.29) is 18.4 Å². The average Bonchev–Trinajstić information content (AvgIpc) is 2.53. The molecule has 0 bridgehead atoms. The summed E-state index contributed by atoms with van der Waals surface area (Å²) in [4.78, 5) is 25.2. The van der Waals surface area contributed by atoms with Gasteiger partial charge in [0.15, 0.2) is 6.61 Å². The molecule has 112 valence electrons. The second-order valence-corrected chi connectivity index (χ2v) is 5.16. The zero-order chi connectivity index (χ0) is 14.7. The Morgan fingerprint density at radius 1 is 1.29 bits per heavy atom. The Balaban J connectivity index is 1.59. The predicted molar refractivity (Wildman–Crippen MR) is 76.3 cm³/mol. The minimum Gasteiger partial charge on any atom is -0.482 e. The maximum atomic E-state index is 12.1. The van der Waals surface area contributed by atoms with Gasteiger partial charge in [-0.05, 0) is 24.1 Å². The molecule has 0 atom stereocenters. The Hall–Kier alpha value is -2.08. The monoisotopic (exact) mass is 290 g/mol. The number of benzene rings is 1. The number of anilines is 1. The topological polar surface area (TPSA) is 67.9 Å². The summed E-state index contributed by atoms with van der Waals surface area (Å²) in [6.45, 7) is 2.64. The third kappa shape index (κ3) is 3.33. The van der Waals surface area contributed by atoms with E-state index in [1.807, 2.05) is 23.1 Å². The molecule has 0 aliphatic carbocycles. The van der Waals surface area contributed by atoms with Crippen molar-refractivity contribution >= 4 is 17.5 Å². The summed E-state index contributed by atoms with van der Waals surface area (Å²) in [6, 6.07) is 5.64. The second kappa shape index (κ2) is 6.13. The molecule has 21 heavy (non-hydrogen) atoms. The van der Waals surface area contributed by atoms with E-state index in [0.717, 1.165) is 5.56 Å². The summed E-state index contributed by atoms with van der Waals surface area (Å²) in [6.07, 6.45) is 1.12. The van der Waals surface area contributed by atoms with Crippen LogP contribution in [0.25, 0.3) is 0 Å². The summed E-state index contributed by atoms with van der Waals surface area (Å²) in [5.41, 5.74) is 1.70. The Morgan fingerprint density at radius 2 is 2.10 bits per heavy atom. The molecule has 1 saturated heterocycles. The van der Waals surface area contributed by atoms with Crippen molar-refractivity contribution in [3.8, 4) is 5.75 Å². The highest BCUT2D eigenvalue weighted by molar-refractivity contribution is 5.95. The standard InChI is InChI=1S/C15H18N2O4/c18-14-10-21-13-3-1-11(9-12(13)16-14)2-4-15(19)17-5-7-20-8-6-17/h1,3,9H,2,4-8,10H2,(H,16,18). The SMILES string of the molecule is O=C1COc2ccc(CCC(=O)N3CCOCC3)cc2N1. The van der Waals surface area contributed by atoms with Gasteiger partial charge in [-0.15, -0.1) is 0 Å². The number of carbonyl (C=O) groups excluding carboxylic acids is 2. The number of morpholine rings is 1. The van der Waals surface area contributed by atoms with Gasteiger partial charge in [0.05, 0.1) is 18.9 Å². The fourth-order valence-electron chi connectivity index (χ4n) is 2.51. The maximum Gasteiger partial charge on any atom is 0.262 e. The van der Waals surface area contributed by atoms with E-state index in [4.69, 9.17) is 9.47 Å². The van der Waals surface area contributed by atoms with Crippen LogP contribution in [-0.2, 0) is 20.7 Å². The van der Waals surface area contributed by atoms with Gasteiger partial charge in [0.2, 0.25) is 5.91 Å². The van der Waals surface area contributed by atoms with Crippen molar-refractivity contribution in [2.75, 3.05) is 38.2 Å². The van der Waals surface area contributed by atoms with Crippen molar-refractivity contribution < 1.29 is 19.1 Å². The van der Waals surface area contributed by atoms with Crippen molar-refractivity contribution in [2.45, 2.75) is 12.8 Å². The van der Waals surface area contributed by atoms with Crippen LogP contribution in [0.2, 0.25) is 0 Å². The molecule has 3 rings (SSSR count). The number of nitrogens with zero attached hydrogens (tertiary/aromatic N) is 1. The Kier molecular flexibility index (Phi) is 4.06. The van der Waals surface area contributed by atoms with Crippen LogP contribution in [0.5, 0.6) is 5.75 Å². The highest BCUT2D eigenvalue weighted by Gasteiger charge is 2.18. The molecule has 1 aromatic rings. The lowest BCUT2D eigenvalue weighted by Crippen LogP contribution is -2.40. The molecule has 0 spiro atoms. The lowest BCUT2D eigenvalue weighted by Gasteiger charge is -2.27. The molecule has 0 radical (unpaired) electrons. The van der Waals surface area contributed by atoms with E-state index in [0.29, 0.717) is 50.6 Å². The molecular weight excluding hydrogens is 272 g/mol. The summed E-state index contributed by atoms with van der Waals surface area (Å²) < 4.78 is 10.5. The van der Waals surface area contributed by atoms with Crippen molar-refractivity contribution in [3.05, 3.63) is 23.8 Å². The Morgan fingerprint density at radius 3 is 2.90 bits per heavy atom. The summed E-state index contributed by atoms with van der Waals surface area (Å²) >= 11 is 0. The van der Waals surface area contributed by atoms with Crippen LogP contribution in [0.1, 0.15) is 12.0 Å². The van der Waals surface area contributed by atoms with Crippen LogP contribution in [0.4, 0.5) is 5.69 Å². The number of hydrogen-bond acceptors (Lipinski definition) is 4. The molecule has 6 nitrogen and oxygen atoms in total. The average molecular weight is 290 g/mol. The van der Waals surface area contributed by atoms with Gasteiger partial charge in [-0.25, -0.2) is 0 Å². The van der Waals surface area contributed by atoms with Crippen molar-refractivity contribution in [1.82, 2.24) is 4.90 Å². The molecular formula is C15H18N2O4. The van der Waals surface area contributed by atoms with Crippen molar-refractivity contribution in [1.29, 1.82) is 0 Å². The molecule has 1 fully saturated rings. The van der Waals surface area contributed by atoms with Crippen LogP contribution < -0.4 is 10.1 Å². The van der Waals surface area contributed by atoms with Gasteiger partial charge < -0.3 is 19.7 Å². The number of fused-ring (bicyclic) bond motifs is 1. The number of amides is 2. The molecule has 2 amide bonds. The minimum atomic E-state index is -0.149. The maximum absolute atomic E-state index is 12.1. The molecule has 0 saturated carbocycles. The van der Waals surface area contributed by atoms with E-state index in [2.05, 4.69) is 5.32 Å².